The quantitative estimate of drug-likeness (QED) is 0.433. The summed E-state index contributed by atoms with van der Waals surface area (Å²) in [5.74, 6) is -3.68. The van der Waals surface area contributed by atoms with Gasteiger partial charge in [0, 0.05) is 17.6 Å². The Bertz CT molecular complexity index is 724. The van der Waals surface area contributed by atoms with Crippen molar-refractivity contribution in [1.29, 1.82) is 0 Å². The molecule has 0 radical (unpaired) electrons. The first-order chi connectivity index (χ1) is 12.6. The molecule has 7 nitrogen and oxygen atoms in total. The fraction of sp³-hybridized carbons (Fsp3) is 0.600. The van der Waals surface area contributed by atoms with E-state index in [9.17, 15) is 19.8 Å². The number of aliphatic hydroxyl groups is 2. The number of aliphatic hydroxyl groups excluding tert-OH is 1. The van der Waals surface area contributed by atoms with Crippen LogP contribution < -0.4 is 0 Å². The first kappa shape index (κ1) is 19.8. The van der Waals surface area contributed by atoms with Crippen molar-refractivity contribution in [2.24, 2.45) is 11.8 Å². The van der Waals surface area contributed by atoms with E-state index in [0.29, 0.717) is 6.42 Å². The third-order valence-electron chi connectivity index (χ3n) is 5.60. The van der Waals surface area contributed by atoms with Crippen LogP contribution in [0.1, 0.15) is 33.6 Å². The Morgan fingerprint density at radius 3 is 2.81 bits per heavy atom. The van der Waals surface area contributed by atoms with E-state index in [4.69, 9.17) is 14.2 Å². The molecule has 0 amide bonds. The highest BCUT2D eigenvalue weighted by Gasteiger charge is 2.52. The molecule has 2 bridgehead atoms. The summed E-state index contributed by atoms with van der Waals surface area (Å²) in [5.41, 5.74) is -0.591. The zero-order chi connectivity index (χ0) is 20.0. The molecule has 6 atom stereocenters. The number of hydrogen-bond acceptors (Lipinski definition) is 7. The highest BCUT2D eigenvalue weighted by Crippen LogP contribution is 2.44. The summed E-state index contributed by atoms with van der Waals surface area (Å²) in [6.07, 6.45) is 3.88. The second-order valence-electron chi connectivity index (χ2n) is 7.70. The third-order valence-corrected chi connectivity index (χ3v) is 5.60. The number of carbonyl (C=O) groups excluding carboxylic acids is 2. The predicted octanol–water partition coefficient (Wildman–Crippen LogP) is 1.40. The van der Waals surface area contributed by atoms with Crippen LogP contribution in [0.3, 0.4) is 0 Å². The average molecular weight is 378 g/mol. The first-order valence-electron chi connectivity index (χ1n) is 9.17. The summed E-state index contributed by atoms with van der Waals surface area (Å²) < 4.78 is 17.0. The number of ether oxygens (including phenoxy) is 3. The topological polar surface area (TPSA) is 102 Å². The van der Waals surface area contributed by atoms with Gasteiger partial charge in [0.2, 0.25) is 5.79 Å². The minimum Gasteiger partial charge on any atom is -0.461 e. The maximum absolute atomic E-state index is 12.5. The Labute approximate surface area is 158 Å². The molecule has 1 fully saturated rings. The lowest BCUT2D eigenvalue weighted by Gasteiger charge is -2.33. The molecule has 3 aliphatic heterocycles. The second-order valence-corrected chi connectivity index (χ2v) is 7.70. The van der Waals surface area contributed by atoms with Crippen LogP contribution in [0.25, 0.3) is 0 Å². The molecule has 0 aromatic rings. The summed E-state index contributed by atoms with van der Waals surface area (Å²) in [6.45, 7) is 8.75. The lowest BCUT2D eigenvalue weighted by Crippen LogP contribution is -2.41. The van der Waals surface area contributed by atoms with E-state index in [-0.39, 0.29) is 29.5 Å². The van der Waals surface area contributed by atoms with Crippen molar-refractivity contribution < 1.29 is 34.0 Å². The summed E-state index contributed by atoms with van der Waals surface area (Å²) >= 11 is 0. The SMILES string of the molecule is C=C1C(=O)O[C@@H]2/C=C(/CO)[C@]3(O)C=C[C@@](C)(C[C@@H](OC(=O)[C@H](C)CC)[C@@H]12)O3. The van der Waals surface area contributed by atoms with Crippen molar-refractivity contribution in [3.8, 4) is 0 Å². The Kier molecular flexibility index (Phi) is 5.05. The molecule has 0 unspecified atom stereocenters. The Morgan fingerprint density at radius 2 is 2.19 bits per heavy atom. The van der Waals surface area contributed by atoms with Gasteiger partial charge in [0.15, 0.2) is 0 Å². The highest BCUT2D eigenvalue weighted by atomic mass is 16.6. The summed E-state index contributed by atoms with van der Waals surface area (Å²) in [6, 6.07) is 0. The van der Waals surface area contributed by atoms with E-state index >= 15 is 0 Å². The Morgan fingerprint density at radius 1 is 1.48 bits per heavy atom. The second kappa shape index (κ2) is 6.89. The number of esters is 2. The Hall–Kier alpha value is -1.96. The van der Waals surface area contributed by atoms with Crippen molar-refractivity contribution in [2.75, 3.05) is 6.61 Å². The van der Waals surface area contributed by atoms with Crippen LogP contribution in [0.4, 0.5) is 0 Å². The van der Waals surface area contributed by atoms with E-state index in [1.54, 1.807) is 19.9 Å². The van der Waals surface area contributed by atoms with Gasteiger partial charge in [0.1, 0.15) is 12.2 Å². The van der Waals surface area contributed by atoms with E-state index < -0.39 is 42.1 Å². The molecular weight excluding hydrogens is 352 g/mol. The summed E-state index contributed by atoms with van der Waals surface area (Å²) in [7, 11) is 0. The van der Waals surface area contributed by atoms with Gasteiger partial charge in [-0.3, -0.25) is 4.79 Å². The summed E-state index contributed by atoms with van der Waals surface area (Å²) in [4.78, 5) is 24.6. The van der Waals surface area contributed by atoms with Gasteiger partial charge < -0.3 is 24.4 Å². The largest absolute Gasteiger partial charge is 0.461 e. The molecular formula is C20H26O7. The molecule has 3 rings (SSSR count). The van der Waals surface area contributed by atoms with Crippen molar-refractivity contribution in [2.45, 2.75) is 57.2 Å². The molecule has 0 saturated carbocycles. The zero-order valence-electron chi connectivity index (χ0n) is 15.8. The number of rotatable bonds is 4. The van der Waals surface area contributed by atoms with Crippen LogP contribution >= 0.6 is 0 Å². The van der Waals surface area contributed by atoms with Gasteiger partial charge in [-0.1, -0.05) is 26.5 Å². The molecule has 3 heterocycles. The fourth-order valence-corrected chi connectivity index (χ4v) is 3.73. The van der Waals surface area contributed by atoms with Crippen molar-refractivity contribution in [1.82, 2.24) is 0 Å². The van der Waals surface area contributed by atoms with Crippen LogP contribution in [0.5, 0.6) is 0 Å². The minimum atomic E-state index is -1.81. The van der Waals surface area contributed by atoms with Gasteiger partial charge >= 0.3 is 11.9 Å². The monoisotopic (exact) mass is 378 g/mol. The van der Waals surface area contributed by atoms with Gasteiger partial charge in [-0.25, -0.2) is 4.79 Å². The van der Waals surface area contributed by atoms with Gasteiger partial charge in [-0.2, -0.15) is 0 Å². The van der Waals surface area contributed by atoms with Crippen molar-refractivity contribution >= 4 is 11.9 Å². The van der Waals surface area contributed by atoms with E-state index in [2.05, 4.69) is 6.58 Å². The number of carbonyl (C=O) groups is 2. The summed E-state index contributed by atoms with van der Waals surface area (Å²) in [5, 5.41) is 20.6. The Balaban J connectivity index is 2.04. The molecule has 3 aliphatic rings. The fourth-order valence-electron chi connectivity index (χ4n) is 3.73. The molecule has 0 aromatic carbocycles. The van der Waals surface area contributed by atoms with Crippen LogP contribution in [0.2, 0.25) is 0 Å². The van der Waals surface area contributed by atoms with Gasteiger partial charge in [0.05, 0.1) is 24.0 Å². The van der Waals surface area contributed by atoms with E-state index in [0.717, 1.165) is 0 Å². The highest BCUT2D eigenvalue weighted by molar-refractivity contribution is 5.91. The van der Waals surface area contributed by atoms with Crippen LogP contribution in [0, 0.1) is 11.8 Å². The van der Waals surface area contributed by atoms with Crippen molar-refractivity contribution in [3.05, 3.63) is 36.0 Å². The number of fused-ring (bicyclic) bond motifs is 3. The molecule has 0 aliphatic carbocycles. The molecule has 148 valence electrons. The van der Waals surface area contributed by atoms with Gasteiger partial charge in [0.25, 0.3) is 0 Å². The molecule has 2 N–H and O–H groups in total. The van der Waals surface area contributed by atoms with Crippen LogP contribution in [-0.2, 0) is 23.8 Å². The third kappa shape index (κ3) is 3.47. The normalized spacial score (nSPS) is 40.9. The molecule has 27 heavy (non-hydrogen) atoms. The number of hydrogen-bond donors (Lipinski definition) is 2. The molecule has 7 heteroatoms. The maximum atomic E-state index is 12.5. The van der Waals surface area contributed by atoms with Crippen LogP contribution in [-0.4, -0.2) is 52.4 Å². The standard InChI is InChI=1S/C20H26O7/c1-5-11(2)17(22)26-15-9-19(4)6-7-20(24,27-19)13(10-21)8-14-16(15)12(3)18(23)25-14/h6-8,11,14-16,21,24H,3,5,9-10H2,1-2,4H3/b13-8-/t11-,14-,15-,16+,19+,20+/m1/s1. The van der Waals surface area contributed by atoms with Crippen molar-refractivity contribution in [3.63, 3.8) is 0 Å². The maximum Gasteiger partial charge on any atom is 0.334 e. The molecule has 0 spiro atoms. The van der Waals surface area contributed by atoms with Gasteiger partial charge in [-0.15, -0.1) is 0 Å². The lowest BCUT2D eigenvalue weighted by atomic mass is 9.83. The lowest BCUT2D eigenvalue weighted by molar-refractivity contribution is -0.192. The van der Waals surface area contributed by atoms with Gasteiger partial charge in [-0.05, 0) is 25.5 Å². The molecule has 1 saturated heterocycles. The molecule has 0 aromatic heterocycles. The minimum absolute atomic E-state index is 0.161. The smallest absolute Gasteiger partial charge is 0.334 e. The zero-order valence-corrected chi connectivity index (χ0v) is 15.8. The van der Waals surface area contributed by atoms with Crippen LogP contribution in [0.15, 0.2) is 36.0 Å². The van der Waals surface area contributed by atoms with E-state index in [1.807, 2.05) is 6.92 Å². The first-order valence-corrected chi connectivity index (χ1v) is 9.17. The van der Waals surface area contributed by atoms with E-state index in [1.165, 1.54) is 12.2 Å². The predicted molar refractivity (Wildman–Crippen MR) is 95.2 cm³/mol. The average Bonchev–Trinajstić information content (AvgIpc) is 3.08.